The van der Waals surface area contributed by atoms with Gasteiger partial charge in [-0.2, -0.15) is 0 Å². The van der Waals surface area contributed by atoms with E-state index >= 15 is 0 Å². The van der Waals surface area contributed by atoms with Crippen LogP contribution in [0.5, 0.6) is 0 Å². The lowest BCUT2D eigenvalue weighted by molar-refractivity contribution is 0.0919. The van der Waals surface area contributed by atoms with Crippen molar-refractivity contribution < 1.29 is 13.2 Å². The second-order valence-corrected chi connectivity index (χ2v) is 12.2. The molecule has 29 heavy (non-hydrogen) atoms. The number of aryl methyl sites for hydroxylation is 1. The Morgan fingerprint density at radius 1 is 1.17 bits per heavy atom. The third kappa shape index (κ3) is 3.65. The average Bonchev–Trinajstić information content (AvgIpc) is 3.13. The molecule has 0 saturated heterocycles. The van der Waals surface area contributed by atoms with Crippen LogP contribution in [0.25, 0.3) is 10.9 Å². The van der Waals surface area contributed by atoms with Gasteiger partial charge in [0, 0.05) is 27.9 Å². The molecule has 1 heterocycles. The van der Waals surface area contributed by atoms with E-state index in [-0.39, 0.29) is 11.9 Å². The number of benzene rings is 1. The standard InChI is InChI=1S/C22H29BrN2O3S/c1-12-5-8-18-19(22(26)24-17-10-15-6-7-16(9-15)11-17)13(2)25(21(18)20(12)23)14(3)29(4,27)28/h5,8,14-17H,6-7,9-11H2,1-4H3,(H,24,26). The minimum Gasteiger partial charge on any atom is -0.349 e. The number of carbonyl (C=O) groups excluding carboxylic acids is 1. The first-order valence-electron chi connectivity index (χ1n) is 10.4. The van der Waals surface area contributed by atoms with Crippen LogP contribution < -0.4 is 5.32 Å². The number of hydrogen-bond acceptors (Lipinski definition) is 3. The summed E-state index contributed by atoms with van der Waals surface area (Å²) >= 11 is 3.64. The molecule has 7 heteroatoms. The smallest absolute Gasteiger partial charge is 0.253 e. The van der Waals surface area contributed by atoms with Crippen LogP contribution in [0.2, 0.25) is 0 Å². The molecule has 2 saturated carbocycles. The number of amides is 1. The lowest BCUT2D eigenvalue weighted by Gasteiger charge is -2.28. The van der Waals surface area contributed by atoms with Crippen molar-refractivity contribution in [1.29, 1.82) is 0 Å². The van der Waals surface area contributed by atoms with Gasteiger partial charge in [0.05, 0.1) is 11.1 Å². The number of aromatic nitrogens is 1. The largest absolute Gasteiger partial charge is 0.349 e. The molecular weight excluding hydrogens is 452 g/mol. The molecule has 1 aromatic carbocycles. The Hall–Kier alpha value is -1.34. The summed E-state index contributed by atoms with van der Waals surface area (Å²) in [5.74, 6) is 1.39. The molecule has 0 spiro atoms. The maximum atomic E-state index is 13.4. The Labute approximate surface area is 181 Å². The van der Waals surface area contributed by atoms with Crippen molar-refractivity contribution in [2.24, 2.45) is 11.8 Å². The molecule has 1 N–H and O–H groups in total. The summed E-state index contributed by atoms with van der Waals surface area (Å²) in [5.41, 5.74) is 3.07. The average molecular weight is 481 g/mol. The number of nitrogens with one attached hydrogen (secondary N) is 1. The molecule has 2 fully saturated rings. The van der Waals surface area contributed by atoms with E-state index in [1.807, 2.05) is 26.0 Å². The number of halogens is 1. The highest BCUT2D eigenvalue weighted by molar-refractivity contribution is 9.10. The van der Waals surface area contributed by atoms with Gasteiger partial charge in [0.25, 0.3) is 5.91 Å². The van der Waals surface area contributed by atoms with Crippen molar-refractivity contribution in [3.8, 4) is 0 Å². The van der Waals surface area contributed by atoms with Gasteiger partial charge in [-0.05, 0) is 73.4 Å². The van der Waals surface area contributed by atoms with Crippen LogP contribution >= 0.6 is 15.9 Å². The monoisotopic (exact) mass is 480 g/mol. The normalized spacial score (nSPS) is 25.3. The van der Waals surface area contributed by atoms with Crippen LogP contribution in [0.4, 0.5) is 0 Å². The third-order valence-corrected chi connectivity index (χ3v) is 9.42. The van der Waals surface area contributed by atoms with Crippen LogP contribution in [0, 0.1) is 25.7 Å². The third-order valence-electron chi connectivity index (χ3n) is 6.97. The second kappa shape index (κ2) is 7.41. The molecule has 5 nitrogen and oxygen atoms in total. The minimum atomic E-state index is -3.33. The molecule has 3 unspecified atom stereocenters. The zero-order valence-electron chi connectivity index (χ0n) is 17.5. The fourth-order valence-corrected chi connectivity index (χ4v) is 6.58. The number of hydrogen-bond donors (Lipinski definition) is 1. The fourth-order valence-electron chi connectivity index (χ4n) is 5.40. The van der Waals surface area contributed by atoms with Crippen LogP contribution in [0.15, 0.2) is 16.6 Å². The Morgan fingerprint density at radius 3 is 2.38 bits per heavy atom. The summed E-state index contributed by atoms with van der Waals surface area (Å²) in [7, 11) is -3.33. The first-order valence-corrected chi connectivity index (χ1v) is 13.1. The van der Waals surface area contributed by atoms with Crippen LogP contribution in [0.3, 0.4) is 0 Å². The molecular formula is C22H29BrN2O3S. The van der Waals surface area contributed by atoms with E-state index in [9.17, 15) is 13.2 Å². The van der Waals surface area contributed by atoms with E-state index in [1.165, 1.54) is 25.5 Å². The number of nitrogens with zero attached hydrogens (tertiary/aromatic N) is 1. The van der Waals surface area contributed by atoms with Gasteiger partial charge in [0.1, 0.15) is 5.37 Å². The zero-order valence-corrected chi connectivity index (χ0v) is 19.9. The summed E-state index contributed by atoms with van der Waals surface area (Å²) < 4.78 is 27.4. The van der Waals surface area contributed by atoms with Gasteiger partial charge in [-0.1, -0.05) is 25.0 Å². The molecule has 2 aliphatic carbocycles. The summed E-state index contributed by atoms with van der Waals surface area (Å²) in [6.07, 6.45) is 7.24. The minimum absolute atomic E-state index is 0.0889. The van der Waals surface area contributed by atoms with Gasteiger partial charge in [0.15, 0.2) is 9.84 Å². The van der Waals surface area contributed by atoms with Crippen LogP contribution in [0.1, 0.15) is 66.0 Å². The molecule has 0 radical (unpaired) electrons. The first kappa shape index (κ1) is 20.9. The number of fused-ring (bicyclic) bond motifs is 3. The number of sulfone groups is 1. The lowest BCUT2D eigenvalue weighted by Crippen LogP contribution is -2.39. The maximum Gasteiger partial charge on any atom is 0.253 e. The molecule has 3 atom stereocenters. The molecule has 1 aromatic heterocycles. The Balaban J connectivity index is 1.79. The molecule has 2 bridgehead atoms. The van der Waals surface area contributed by atoms with Crippen LogP contribution in [-0.2, 0) is 9.84 Å². The van der Waals surface area contributed by atoms with E-state index in [4.69, 9.17) is 0 Å². The van der Waals surface area contributed by atoms with Crippen molar-refractivity contribution >= 4 is 42.6 Å². The van der Waals surface area contributed by atoms with Gasteiger partial charge in [-0.15, -0.1) is 0 Å². The molecule has 2 aliphatic rings. The van der Waals surface area contributed by atoms with E-state index < -0.39 is 15.2 Å². The highest BCUT2D eigenvalue weighted by atomic mass is 79.9. The fraction of sp³-hybridized carbons (Fsp3) is 0.591. The molecule has 4 rings (SSSR count). The van der Waals surface area contributed by atoms with E-state index in [0.29, 0.717) is 11.3 Å². The van der Waals surface area contributed by atoms with E-state index in [1.54, 1.807) is 11.5 Å². The SMILES string of the molecule is Cc1ccc2c(C(=O)NC3CC4CCC(C4)C3)c(C)n(C(C)S(C)(=O)=O)c2c1Br. The Bertz CT molecular complexity index is 1080. The zero-order chi connectivity index (χ0) is 21.1. The molecule has 158 valence electrons. The first-order chi connectivity index (χ1) is 13.6. The topological polar surface area (TPSA) is 68.2 Å². The quantitative estimate of drug-likeness (QED) is 0.676. The van der Waals surface area contributed by atoms with Crippen molar-refractivity contribution in [3.05, 3.63) is 33.4 Å². The number of carbonyl (C=O) groups is 1. The molecule has 2 aromatic rings. The summed E-state index contributed by atoms with van der Waals surface area (Å²) in [4.78, 5) is 13.4. The summed E-state index contributed by atoms with van der Waals surface area (Å²) in [5, 5.41) is 3.32. The summed E-state index contributed by atoms with van der Waals surface area (Å²) in [6.45, 7) is 5.50. The number of rotatable bonds is 4. The van der Waals surface area contributed by atoms with Gasteiger partial charge < -0.3 is 9.88 Å². The Morgan fingerprint density at radius 2 is 1.79 bits per heavy atom. The van der Waals surface area contributed by atoms with Crippen molar-refractivity contribution in [3.63, 3.8) is 0 Å². The molecule has 1 amide bonds. The predicted molar refractivity (Wildman–Crippen MR) is 120 cm³/mol. The maximum absolute atomic E-state index is 13.4. The van der Waals surface area contributed by atoms with Crippen molar-refractivity contribution in [2.45, 2.75) is 64.3 Å². The van der Waals surface area contributed by atoms with Gasteiger partial charge in [-0.3, -0.25) is 4.79 Å². The van der Waals surface area contributed by atoms with Crippen LogP contribution in [-0.4, -0.2) is 31.2 Å². The van der Waals surface area contributed by atoms with Crippen molar-refractivity contribution in [1.82, 2.24) is 9.88 Å². The predicted octanol–water partition coefficient (Wildman–Crippen LogP) is 4.89. The summed E-state index contributed by atoms with van der Waals surface area (Å²) in [6, 6.07) is 4.12. The van der Waals surface area contributed by atoms with Gasteiger partial charge in [-0.25, -0.2) is 8.42 Å². The van der Waals surface area contributed by atoms with E-state index in [0.717, 1.165) is 45.6 Å². The Kier molecular flexibility index (Phi) is 5.35. The lowest BCUT2D eigenvalue weighted by atomic mass is 9.85. The molecule has 0 aliphatic heterocycles. The second-order valence-electron chi connectivity index (χ2n) is 9.04. The van der Waals surface area contributed by atoms with Crippen molar-refractivity contribution in [2.75, 3.05) is 6.26 Å². The van der Waals surface area contributed by atoms with Gasteiger partial charge >= 0.3 is 0 Å². The highest BCUT2D eigenvalue weighted by Crippen LogP contribution is 2.42. The van der Waals surface area contributed by atoms with E-state index in [2.05, 4.69) is 21.2 Å². The van der Waals surface area contributed by atoms with Gasteiger partial charge in [0.2, 0.25) is 0 Å². The highest BCUT2D eigenvalue weighted by Gasteiger charge is 2.35.